The maximum atomic E-state index is 9.07. The Morgan fingerprint density at radius 3 is 2.90 bits per heavy atom. The van der Waals surface area contributed by atoms with Crippen LogP contribution in [0.4, 0.5) is 0 Å². The smallest absolute Gasteiger partial charge is 0.189 e. The van der Waals surface area contributed by atoms with Crippen LogP contribution in [0.25, 0.3) is 0 Å². The molecule has 4 nitrogen and oxygen atoms in total. The van der Waals surface area contributed by atoms with E-state index in [0.29, 0.717) is 0 Å². The zero-order valence-corrected chi connectivity index (χ0v) is 5.92. The maximum Gasteiger partial charge on any atom is 0.189 e. The molecule has 0 aromatic carbocycles. The average Bonchev–Trinajstić information content (AvgIpc) is 2.05. The van der Waals surface area contributed by atoms with E-state index in [9.17, 15) is 0 Å². The van der Waals surface area contributed by atoms with E-state index in [0.717, 1.165) is 19.4 Å². The first-order valence-corrected chi connectivity index (χ1v) is 3.61. The molecular weight excluding hydrogens is 132 g/mol. The van der Waals surface area contributed by atoms with E-state index < -0.39 is 6.29 Å². The van der Waals surface area contributed by atoms with Gasteiger partial charge < -0.3 is 10.4 Å². The minimum Gasteiger partial charge on any atom is -0.365 e. The van der Waals surface area contributed by atoms with Crippen LogP contribution in [0.15, 0.2) is 0 Å². The molecule has 60 valence electrons. The Morgan fingerprint density at radius 2 is 2.40 bits per heavy atom. The zero-order valence-electron chi connectivity index (χ0n) is 5.92. The van der Waals surface area contributed by atoms with Gasteiger partial charge in [-0.15, -0.1) is 0 Å². The molecular formula is C6H14N2O2. The standard InChI is InChI=1S/C6H14N2O2/c7-10-6(9)5-3-1-2-4-8-5/h5-6,8-9H,1-4,7H2/t5-,6-/m1/s1. The lowest BCUT2D eigenvalue weighted by Gasteiger charge is -2.25. The number of aliphatic hydroxyl groups excluding tert-OH is 1. The van der Waals surface area contributed by atoms with Gasteiger partial charge in [0.2, 0.25) is 0 Å². The van der Waals surface area contributed by atoms with Crippen molar-refractivity contribution in [2.24, 2.45) is 5.90 Å². The molecule has 0 aromatic rings. The molecule has 1 aliphatic rings. The Morgan fingerprint density at radius 1 is 1.60 bits per heavy atom. The number of nitrogens with two attached hydrogens (primary N) is 1. The Hall–Kier alpha value is -0.160. The molecule has 0 aromatic heterocycles. The summed E-state index contributed by atoms with van der Waals surface area (Å²) >= 11 is 0. The van der Waals surface area contributed by atoms with Crippen molar-refractivity contribution in [2.75, 3.05) is 6.54 Å². The highest BCUT2D eigenvalue weighted by atomic mass is 16.7. The Kier molecular flexibility index (Phi) is 3.08. The summed E-state index contributed by atoms with van der Waals surface area (Å²) in [7, 11) is 0. The first-order valence-electron chi connectivity index (χ1n) is 3.61. The van der Waals surface area contributed by atoms with Crippen LogP contribution in [0, 0.1) is 0 Å². The fourth-order valence-corrected chi connectivity index (χ4v) is 1.22. The molecule has 1 rings (SSSR count). The van der Waals surface area contributed by atoms with Crippen LogP contribution in [0.2, 0.25) is 0 Å². The monoisotopic (exact) mass is 146 g/mol. The van der Waals surface area contributed by atoms with Crippen molar-refractivity contribution in [2.45, 2.75) is 31.6 Å². The van der Waals surface area contributed by atoms with Gasteiger partial charge in [0.15, 0.2) is 6.29 Å². The summed E-state index contributed by atoms with van der Waals surface area (Å²) in [6.45, 7) is 0.949. The predicted molar refractivity (Wildman–Crippen MR) is 36.9 cm³/mol. The second kappa shape index (κ2) is 3.88. The molecule has 1 aliphatic heterocycles. The summed E-state index contributed by atoms with van der Waals surface area (Å²) in [6.07, 6.45) is 2.41. The van der Waals surface area contributed by atoms with Gasteiger partial charge in [-0.05, 0) is 19.4 Å². The van der Waals surface area contributed by atoms with Gasteiger partial charge in [-0.2, -0.15) is 0 Å². The molecule has 2 atom stereocenters. The first-order chi connectivity index (χ1) is 4.84. The molecule has 0 spiro atoms. The minimum atomic E-state index is -0.847. The van der Waals surface area contributed by atoms with Crippen molar-refractivity contribution in [3.8, 4) is 0 Å². The number of aliphatic hydroxyl groups is 1. The van der Waals surface area contributed by atoms with Gasteiger partial charge in [0.05, 0.1) is 6.04 Å². The van der Waals surface area contributed by atoms with Crippen LogP contribution < -0.4 is 11.2 Å². The third-order valence-corrected chi connectivity index (χ3v) is 1.83. The van der Waals surface area contributed by atoms with E-state index in [1.165, 1.54) is 6.42 Å². The number of piperidine rings is 1. The van der Waals surface area contributed by atoms with E-state index >= 15 is 0 Å². The molecule has 0 unspecified atom stereocenters. The summed E-state index contributed by atoms with van der Waals surface area (Å²) in [5.74, 6) is 4.81. The Bertz CT molecular complexity index is 93.7. The Labute approximate surface area is 60.3 Å². The number of hydrogen-bond acceptors (Lipinski definition) is 4. The van der Waals surface area contributed by atoms with Gasteiger partial charge >= 0.3 is 0 Å². The van der Waals surface area contributed by atoms with Gasteiger partial charge in [0.25, 0.3) is 0 Å². The summed E-state index contributed by atoms with van der Waals surface area (Å²) in [6, 6.07) is 0.0266. The molecule has 4 heteroatoms. The highest BCUT2D eigenvalue weighted by Crippen LogP contribution is 2.09. The summed E-state index contributed by atoms with van der Waals surface area (Å²) < 4.78 is 0. The normalized spacial score (nSPS) is 30.0. The maximum absolute atomic E-state index is 9.07. The fraction of sp³-hybridized carbons (Fsp3) is 1.00. The van der Waals surface area contributed by atoms with E-state index in [4.69, 9.17) is 11.0 Å². The Balaban J connectivity index is 2.24. The molecule has 1 heterocycles. The van der Waals surface area contributed by atoms with E-state index in [1.54, 1.807) is 0 Å². The number of rotatable bonds is 2. The molecule has 0 amide bonds. The molecule has 4 N–H and O–H groups in total. The highest BCUT2D eigenvalue weighted by Gasteiger charge is 2.20. The van der Waals surface area contributed by atoms with Crippen LogP contribution in [0.1, 0.15) is 19.3 Å². The van der Waals surface area contributed by atoms with E-state index in [-0.39, 0.29) is 6.04 Å². The molecule has 10 heavy (non-hydrogen) atoms. The fourth-order valence-electron chi connectivity index (χ4n) is 1.22. The van der Waals surface area contributed by atoms with Crippen molar-refractivity contribution < 1.29 is 9.94 Å². The highest BCUT2D eigenvalue weighted by molar-refractivity contribution is 4.73. The zero-order chi connectivity index (χ0) is 7.40. The third-order valence-electron chi connectivity index (χ3n) is 1.83. The van der Waals surface area contributed by atoms with Crippen LogP contribution >= 0.6 is 0 Å². The largest absolute Gasteiger partial charge is 0.365 e. The van der Waals surface area contributed by atoms with E-state index in [1.807, 2.05) is 0 Å². The second-order valence-corrected chi connectivity index (χ2v) is 2.58. The molecule has 0 aliphatic carbocycles. The van der Waals surface area contributed by atoms with E-state index in [2.05, 4.69) is 10.2 Å². The van der Waals surface area contributed by atoms with Crippen molar-refractivity contribution >= 4 is 0 Å². The van der Waals surface area contributed by atoms with Crippen molar-refractivity contribution in [1.82, 2.24) is 5.32 Å². The lowest BCUT2D eigenvalue weighted by molar-refractivity contribution is -0.126. The van der Waals surface area contributed by atoms with Crippen LogP contribution in [-0.4, -0.2) is 24.0 Å². The lowest BCUT2D eigenvalue weighted by atomic mass is 10.1. The molecule has 1 fully saturated rings. The minimum absolute atomic E-state index is 0.0266. The molecule has 1 saturated heterocycles. The molecule has 0 radical (unpaired) electrons. The SMILES string of the molecule is NO[C@@H](O)[C@H]1CCCCN1. The lowest BCUT2D eigenvalue weighted by Crippen LogP contribution is -2.45. The predicted octanol–water partition coefficient (Wildman–Crippen LogP) is -0.663. The van der Waals surface area contributed by atoms with Crippen molar-refractivity contribution in [3.63, 3.8) is 0 Å². The first kappa shape index (κ1) is 7.94. The summed E-state index contributed by atoms with van der Waals surface area (Å²) in [5, 5.41) is 12.2. The van der Waals surface area contributed by atoms with Gasteiger partial charge in [-0.1, -0.05) is 6.42 Å². The number of nitrogens with one attached hydrogen (secondary N) is 1. The van der Waals surface area contributed by atoms with Gasteiger partial charge in [-0.25, -0.2) is 5.90 Å². The summed E-state index contributed by atoms with van der Waals surface area (Å²) in [5.41, 5.74) is 0. The topological polar surface area (TPSA) is 67.5 Å². The van der Waals surface area contributed by atoms with Gasteiger partial charge in [-0.3, -0.25) is 4.84 Å². The summed E-state index contributed by atoms with van der Waals surface area (Å²) in [4.78, 5) is 4.28. The van der Waals surface area contributed by atoms with Crippen molar-refractivity contribution in [3.05, 3.63) is 0 Å². The number of hydrogen-bond donors (Lipinski definition) is 3. The molecule has 0 bridgehead atoms. The second-order valence-electron chi connectivity index (χ2n) is 2.58. The van der Waals surface area contributed by atoms with Gasteiger partial charge in [0, 0.05) is 0 Å². The average molecular weight is 146 g/mol. The third kappa shape index (κ3) is 1.91. The molecule has 0 saturated carbocycles. The quantitative estimate of drug-likeness (QED) is 0.357. The van der Waals surface area contributed by atoms with Gasteiger partial charge in [0.1, 0.15) is 0 Å². The van der Waals surface area contributed by atoms with Crippen LogP contribution in [0.5, 0.6) is 0 Å². The van der Waals surface area contributed by atoms with Crippen molar-refractivity contribution in [1.29, 1.82) is 0 Å². The van der Waals surface area contributed by atoms with Crippen LogP contribution in [0.3, 0.4) is 0 Å². The van der Waals surface area contributed by atoms with Crippen LogP contribution in [-0.2, 0) is 4.84 Å².